The largest absolute Gasteiger partial charge is 0.299 e. The molecule has 3 heteroatoms. The number of hydrogen-bond acceptors (Lipinski definition) is 3. The fourth-order valence-electron chi connectivity index (χ4n) is 1.78. The molecule has 0 atom stereocenters. The molecule has 0 radical (unpaired) electrons. The van der Waals surface area contributed by atoms with Crippen molar-refractivity contribution in [1.82, 2.24) is 4.98 Å². The zero-order valence-electron chi connectivity index (χ0n) is 10.3. The van der Waals surface area contributed by atoms with Gasteiger partial charge in [0, 0.05) is 5.39 Å². The summed E-state index contributed by atoms with van der Waals surface area (Å²) in [5.74, 6) is 0.670. The molecule has 0 saturated heterocycles. The molecule has 0 saturated carbocycles. The van der Waals surface area contributed by atoms with Crippen molar-refractivity contribution in [3.8, 4) is 0 Å². The second-order valence-electron chi connectivity index (χ2n) is 4.24. The SMILES string of the molecule is CC(=O)CSc1cc(C)c2cccc(C)c2n1. The summed E-state index contributed by atoms with van der Waals surface area (Å²) >= 11 is 1.51. The van der Waals surface area contributed by atoms with Crippen molar-refractivity contribution in [2.24, 2.45) is 0 Å². The fourth-order valence-corrected chi connectivity index (χ4v) is 2.55. The third-order valence-corrected chi connectivity index (χ3v) is 3.70. The average molecular weight is 245 g/mol. The highest BCUT2D eigenvalue weighted by Gasteiger charge is 2.06. The van der Waals surface area contributed by atoms with Gasteiger partial charge in [0.05, 0.1) is 16.3 Å². The van der Waals surface area contributed by atoms with Crippen LogP contribution in [0.1, 0.15) is 18.1 Å². The molecule has 0 spiro atoms. The number of carbonyl (C=O) groups excluding carboxylic acids is 1. The zero-order valence-corrected chi connectivity index (χ0v) is 11.1. The van der Waals surface area contributed by atoms with Crippen molar-refractivity contribution in [2.75, 3.05) is 5.75 Å². The van der Waals surface area contributed by atoms with E-state index >= 15 is 0 Å². The molecule has 0 bridgehead atoms. The molecule has 1 aromatic heterocycles. The normalized spacial score (nSPS) is 10.8. The topological polar surface area (TPSA) is 30.0 Å². The number of rotatable bonds is 3. The van der Waals surface area contributed by atoms with Crippen molar-refractivity contribution in [3.63, 3.8) is 0 Å². The third kappa shape index (κ3) is 2.67. The molecule has 0 unspecified atom stereocenters. The lowest BCUT2D eigenvalue weighted by molar-refractivity contribution is -0.114. The van der Waals surface area contributed by atoms with E-state index in [1.54, 1.807) is 6.92 Å². The third-order valence-electron chi connectivity index (χ3n) is 2.65. The van der Waals surface area contributed by atoms with Crippen LogP contribution in [0, 0.1) is 13.8 Å². The van der Waals surface area contributed by atoms with Gasteiger partial charge in [-0.05, 0) is 38.0 Å². The predicted molar refractivity (Wildman–Crippen MR) is 72.6 cm³/mol. The van der Waals surface area contributed by atoms with Crippen molar-refractivity contribution in [3.05, 3.63) is 35.4 Å². The second-order valence-corrected chi connectivity index (χ2v) is 5.23. The van der Waals surface area contributed by atoms with Gasteiger partial charge in [-0.2, -0.15) is 0 Å². The molecule has 1 aromatic carbocycles. The number of thioether (sulfide) groups is 1. The fraction of sp³-hybridized carbons (Fsp3) is 0.286. The van der Waals surface area contributed by atoms with Gasteiger partial charge >= 0.3 is 0 Å². The molecule has 0 fully saturated rings. The van der Waals surface area contributed by atoms with Gasteiger partial charge < -0.3 is 0 Å². The van der Waals surface area contributed by atoms with Crippen LogP contribution in [0.3, 0.4) is 0 Å². The van der Waals surface area contributed by atoms with Gasteiger partial charge in [0.25, 0.3) is 0 Å². The Morgan fingerprint density at radius 1 is 1.29 bits per heavy atom. The van der Waals surface area contributed by atoms with Crippen LogP contribution < -0.4 is 0 Å². The number of carbonyl (C=O) groups is 1. The molecule has 0 aliphatic carbocycles. The second kappa shape index (κ2) is 4.88. The zero-order chi connectivity index (χ0) is 12.4. The lowest BCUT2D eigenvalue weighted by Gasteiger charge is -2.07. The number of ketones is 1. The minimum Gasteiger partial charge on any atom is -0.299 e. The molecular weight excluding hydrogens is 230 g/mol. The highest BCUT2D eigenvalue weighted by molar-refractivity contribution is 7.99. The Kier molecular flexibility index (Phi) is 3.48. The number of nitrogens with zero attached hydrogens (tertiary/aromatic N) is 1. The molecule has 88 valence electrons. The van der Waals surface area contributed by atoms with E-state index in [2.05, 4.69) is 43.1 Å². The summed E-state index contributed by atoms with van der Waals surface area (Å²) in [5, 5.41) is 2.12. The maximum absolute atomic E-state index is 11.0. The van der Waals surface area contributed by atoms with Gasteiger partial charge in [-0.25, -0.2) is 4.98 Å². The molecule has 0 amide bonds. The summed E-state index contributed by atoms with van der Waals surface area (Å²) < 4.78 is 0. The van der Waals surface area contributed by atoms with Gasteiger partial charge in [0.15, 0.2) is 0 Å². The number of hydrogen-bond donors (Lipinski definition) is 0. The summed E-state index contributed by atoms with van der Waals surface area (Å²) in [6.45, 7) is 5.75. The summed E-state index contributed by atoms with van der Waals surface area (Å²) in [5.41, 5.74) is 3.43. The Balaban J connectivity index is 2.46. The van der Waals surface area contributed by atoms with Gasteiger partial charge in [-0.3, -0.25) is 4.79 Å². The van der Waals surface area contributed by atoms with Crippen molar-refractivity contribution in [1.29, 1.82) is 0 Å². The van der Waals surface area contributed by atoms with Gasteiger partial charge in [-0.1, -0.05) is 30.0 Å². The monoisotopic (exact) mass is 245 g/mol. The van der Waals surface area contributed by atoms with E-state index in [9.17, 15) is 4.79 Å². The highest BCUT2D eigenvalue weighted by Crippen LogP contribution is 2.25. The van der Waals surface area contributed by atoms with E-state index in [1.165, 1.54) is 28.3 Å². The van der Waals surface area contributed by atoms with Crippen molar-refractivity contribution in [2.45, 2.75) is 25.8 Å². The minimum absolute atomic E-state index is 0.180. The Bertz CT molecular complexity index is 578. The summed E-state index contributed by atoms with van der Waals surface area (Å²) in [7, 11) is 0. The number of aryl methyl sites for hydroxylation is 2. The van der Waals surface area contributed by atoms with E-state index < -0.39 is 0 Å². The lowest BCUT2D eigenvalue weighted by Crippen LogP contribution is -1.95. The number of Topliss-reactive ketones (excluding diaryl/α,β-unsaturated/α-hetero) is 1. The minimum atomic E-state index is 0.180. The van der Waals surface area contributed by atoms with Crippen LogP contribution >= 0.6 is 11.8 Å². The first-order chi connectivity index (χ1) is 8.08. The van der Waals surface area contributed by atoms with E-state index in [-0.39, 0.29) is 5.78 Å². The van der Waals surface area contributed by atoms with Crippen LogP contribution in [-0.4, -0.2) is 16.5 Å². The maximum Gasteiger partial charge on any atom is 0.140 e. The lowest BCUT2D eigenvalue weighted by atomic mass is 10.1. The molecule has 17 heavy (non-hydrogen) atoms. The first-order valence-corrected chi connectivity index (χ1v) is 6.55. The molecular formula is C14H15NOS. The van der Waals surface area contributed by atoms with Crippen LogP contribution in [0.4, 0.5) is 0 Å². The summed E-state index contributed by atoms with van der Waals surface area (Å²) in [4.78, 5) is 15.6. The molecule has 2 nitrogen and oxygen atoms in total. The van der Waals surface area contributed by atoms with Crippen molar-refractivity contribution < 1.29 is 4.79 Å². The van der Waals surface area contributed by atoms with Crippen LogP contribution in [0.15, 0.2) is 29.3 Å². The Morgan fingerprint density at radius 3 is 2.76 bits per heavy atom. The number of fused-ring (bicyclic) bond motifs is 1. The van der Waals surface area contributed by atoms with Crippen LogP contribution in [-0.2, 0) is 4.79 Å². The first-order valence-electron chi connectivity index (χ1n) is 5.57. The Labute approximate surface area is 105 Å². The molecule has 2 rings (SSSR count). The number of para-hydroxylation sites is 1. The van der Waals surface area contributed by atoms with E-state index in [0.717, 1.165) is 10.5 Å². The van der Waals surface area contributed by atoms with E-state index in [4.69, 9.17) is 0 Å². The molecule has 1 heterocycles. The predicted octanol–water partition coefficient (Wildman–Crippen LogP) is 3.53. The molecule has 0 N–H and O–H groups in total. The first kappa shape index (κ1) is 12.1. The Morgan fingerprint density at radius 2 is 2.06 bits per heavy atom. The summed E-state index contributed by atoms with van der Waals surface area (Å²) in [6, 6.07) is 8.25. The van der Waals surface area contributed by atoms with Gasteiger partial charge in [0.2, 0.25) is 0 Å². The number of pyridine rings is 1. The number of aromatic nitrogens is 1. The van der Waals surface area contributed by atoms with Crippen LogP contribution in [0.5, 0.6) is 0 Å². The van der Waals surface area contributed by atoms with Gasteiger partial charge in [0.1, 0.15) is 5.78 Å². The molecule has 2 aromatic rings. The van der Waals surface area contributed by atoms with Gasteiger partial charge in [-0.15, -0.1) is 0 Å². The quantitative estimate of drug-likeness (QED) is 0.775. The highest BCUT2D eigenvalue weighted by atomic mass is 32.2. The van der Waals surface area contributed by atoms with Crippen LogP contribution in [0.25, 0.3) is 10.9 Å². The molecule has 0 aliphatic heterocycles. The van der Waals surface area contributed by atoms with Crippen molar-refractivity contribution >= 4 is 28.4 Å². The maximum atomic E-state index is 11.0. The van der Waals surface area contributed by atoms with E-state index in [1.807, 2.05) is 0 Å². The van der Waals surface area contributed by atoms with Crippen LogP contribution in [0.2, 0.25) is 0 Å². The summed E-state index contributed by atoms with van der Waals surface area (Å²) in [6.07, 6.45) is 0. The average Bonchev–Trinajstić information content (AvgIpc) is 2.28. The van der Waals surface area contributed by atoms with E-state index in [0.29, 0.717) is 5.75 Å². The smallest absolute Gasteiger partial charge is 0.140 e. The number of benzene rings is 1. The Hall–Kier alpha value is -1.35. The standard InChI is InChI=1S/C14H15NOS/c1-9-5-4-6-12-10(2)7-13(15-14(9)12)17-8-11(3)16/h4-7H,8H2,1-3H3. The molecule has 0 aliphatic rings.